The van der Waals surface area contributed by atoms with E-state index in [1.807, 2.05) is 65.2 Å². The van der Waals surface area contributed by atoms with Gasteiger partial charge in [-0.2, -0.15) is 11.8 Å². The fraction of sp³-hybridized carbons (Fsp3) is 0.364. The number of carbonyl (C=O) groups excluding carboxylic acids is 2. The van der Waals surface area contributed by atoms with Crippen LogP contribution in [0, 0.1) is 0 Å². The quantitative estimate of drug-likeness (QED) is 0.809. The van der Waals surface area contributed by atoms with E-state index in [2.05, 4.69) is 10.6 Å². The minimum Gasteiger partial charge on any atom is -0.493 e. The minimum absolute atomic E-state index is 0.0699. The predicted molar refractivity (Wildman–Crippen MR) is 116 cm³/mol. The van der Waals surface area contributed by atoms with E-state index in [-0.39, 0.29) is 18.0 Å². The number of hydrogen-bond acceptors (Lipinski definition) is 4. The molecule has 1 atom stereocenters. The van der Waals surface area contributed by atoms with Gasteiger partial charge in [0.2, 0.25) is 5.91 Å². The monoisotopic (exact) mass is 411 g/mol. The van der Waals surface area contributed by atoms with Gasteiger partial charge in [-0.25, -0.2) is 4.79 Å². The van der Waals surface area contributed by atoms with Crippen molar-refractivity contribution in [2.75, 3.05) is 36.5 Å². The molecule has 29 heavy (non-hydrogen) atoms. The number of nitrogens with zero attached hydrogens (tertiary/aromatic N) is 1. The van der Waals surface area contributed by atoms with Crippen LogP contribution in [0.4, 0.5) is 10.5 Å². The standard InChI is InChI=1S/C22H25N3O3S/c26-21(25-10-13-29-14-11-25)15-16-5-7-17(8-6-16)23-22(27)24-19-9-12-28-20-4-2-1-3-18(19)20/h1-8,19H,9-15H2,(H2,23,24,27). The first-order valence-corrected chi connectivity index (χ1v) is 11.1. The van der Waals surface area contributed by atoms with Crippen LogP contribution in [0.5, 0.6) is 5.75 Å². The molecule has 2 aliphatic heterocycles. The Hall–Kier alpha value is -2.67. The van der Waals surface area contributed by atoms with E-state index >= 15 is 0 Å². The molecule has 152 valence electrons. The molecule has 0 saturated carbocycles. The molecule has 0 aliphatic carbocycles. The van der Waals surface area contributed by atoms with Gasteiger partial charge in [0.15, 0.2) is 0 Å². The number of urea groups is 1. The molecule has 4 rings (SSSR count). The number of fused-ring (bicyclic) bond motifs is 1. The molecule has 2 aliphatic rings. The number of amides is 3. The molecule has 0 aromatic heterocycles. The van der Waals surface area contributed by atoms with E-state index in [1.54, 1.807) is 0 Å². The van der Waals surface area contributed by atoms with Crippen molar-refractivity contribution in [3.05, 3.63) is 59.7 Å². The zero-order chi connectivity index (χ0) is 20.1. The fourth-order valence-electron chi connectivity index (χ4n) is 3.62. The first kappa shape index (κ1) is 19.6. The molecule has 2 aromatic carbocycles. The van der Waals surface area contributed by atoms with Gasteiger partial charge in [0.05, 0.1) is 19.1 Å². The van der Waals surface area contributed by atoms with Gasteiger partial charge in [-0.05, 0) is 23.8 Å². The average Bonchev–Trinajstić information content (AvgIpc) is 2.76. The topological polar surface area (TPSA) is 70.7 Å². The van der Waals surface area contributed by atoms with Gasteiger partial charge in [-0.3, -0.25) is 4.79 Å². The van der Waals surface area contributed by atoms with Gasteiger partial charge in [0, 0.05) is 42.3 Å². The average molecular weight is 412 g/mol. The second kappa shape index (κ2) is 9.22. The van der Waals surface area contributed by atoms with E-state index in [4.69, 9.17) is 4.74 Å². The minimum atomic E-state index is -0.249. The Balaban J connectivity index is 1.31. The molecule has 6 nitrogen and oxygen atoms in total. The highest BCUT2D eigenvalue weighted by Gasteiger charge is 2.22. The van der Waals surface area contributed by atoms with Crippen LogP contribution in [0.2, 0.25) is 0 Å². The highest BCUT2D eigenvalue weighted by Crippen LogP contribution is 2.31. The molecule has 0 bridgehead atoms. The number of anilines is 1. The van der Waals surface area contributed by atoms with Crippen LogP contribution in [0.25, 0.3) is 0 Å². The van der Waals surface area contributed by atoms with Gasteiger partial charge in [0.1, 0.15) is 5.75 Å². The van der Waals surface area contributed by atoms with Gasteiger partial charge in [0.25, 0.3) is 0 Å². The molecule has 0 radical (unpaired) electrons. The molecule has 2 N–H and O–H groups in total. The highest BCUT2D eigenvalue weighted by molar-refractivity contribution is 7.99. The lowest BCUT2D eigenvalue weighted by Crippen LogP contribution is -2.38. The smallest absolute Gasteiger partial charge is 0.319 e. The fourth-order valence-corrected chi connectivity index (χ4v) is 4.53. The summed E-state index contributed by atoms with van der Waals surface area (Å²) < 4.78 is 5.64. The summed E-state index contributed by atoms with van der Waals surface area (Å²) in [6.45, 7) is 2.25. The number of nitrogens with one attached hydrogen (secondary N) is 2. The first-order chi connectivity index (χ1) is 14.2. The van der Waals surface area contributed by atoms with Crippen LogP contribution in [0.1, 0.15) is 23.6 Å². The normalized spacial score (nSPS) is 18.3. The lowest BCUT2D eigenvalue weighted by Gasteiger charge is -2.26. The van der Waals surface area contributed by atoms with E-state index in [0.29, 0.717) is 18.7 Å². The summed E-state index contributed by atoms with van der Waals surface area (Å²) in [5.74, 6) is 3.02. The van der Waals surface area contributed by atoms with E-state index in [9.17, 15) is 9.59 Å². The van der Waals surface area contributed by atoms with Crippen LogP contribution in [0.15, 0.2) is 48.5 Å². The summed E-state index contributed by atoms with van der Waals surface area (Å²) in [4.78, 5) is 26.7. The second-order valence-electron chi connectivity index (χ2n) is 7.19. The van der Waals surface area contributed by atoms with Gasteiger partial charge < -0.3 is 20.3 Å². The van der Waals surface area contributed by atoms with Crippen LogP contribution in [0.3, 0.4) is 0 Å². The number of carbonyl (C=O) groups is 2. The molecule has 7 heteroatoms. The SMILES string of the molecule is O=C(Nc1ccc(CC(=O)N2CCSCC2)cc1)NC1CCOc2ccccc21. The third-order valence-corrected chi connectivity index (χ3v) is 6.14. The van der Waals surface area contributed by atoms with Crippen molar-refractivity contribution in [1.82, 2.24) is 10.2 Å². The number of hydrogen-bond donors (Lipinski definition) is 2. The van der Waals surface area contributed by atoms with E-state index in [0.717, 1.165) is 47.9 Å². The molecule has 3 amide bonds. The molecule has 1 saturated heterocycles. The predicted octanol–water partition coefficient (Wildman–Crippen LogP) is 3.45. The lowest BCUT2D eigenvalue weighted by molar-refractivity contribution is -0.130. The number of para-hydroxylation sites is 1. The summed E-state index contributed by atoms with van der Waals surface area (Å²) in [6.07, 6.45) is 1.14. The van der Waals surface area contributed by atoms with Crippen LogP contribution in [-0.2, 0) is 11.2 Å². The van der Waals surface area contributed by atoms with E-state index < -0.39 is 0 Å². The van der Waals surface area contributed by atoms with Crippen LogP contribution < -0.4 is 15.4 Å². The summed E-state index contributed by atoms with van der Waals surface area (Å²) in [5, 5.41) is 5.90. The molecule has 1 fully saturated rings. The number of thioether (sulfide) groups is 1. The van der Waals surface area contributed by atoms with Crippen molar-refractivity contribution in [3.8, 4) is 5.75 Å². The molecule has 1 unspecified atom stereocenters. The van der Waals surface area contributed by atoms with Gasteiger partial charge >= 0.3 is 6.03 Å². The van der Waals surface area contributed by atoms with Crippen LogP contribution >= 0.6 is 11.8 Å². The summed E-state index contributed by atoms with van der Waals surface area (Å²) >= 11 is 1.89. The maximum atomic E-state index is 12.4. The zero-order valence-electron chi connectivity index (χ0n) is 16.2. The van der Waals surface area contributed by atoms with E-state index in [1.165, 1.54) is 0 Å². The Bertz CT molecular complexity index is 866. The number of ether oxygens (including phenoxy) is 1. The molecular weight excluding hydrogens is 386 g/mol. The third kappa shape index (κ3) is 5.03. The zero-order valence-corrected chi connectivity index (χ0v) is 17.0. The summed E-state index contributed by atoms with van der Waals surface area (Å²) in [6, 6.07) is 14.9. The molecule has 2 aromatic rings. The Morgan fingerprint density at radius 1 is 1.07 bits per heavy atom. The van der Waals surface area contributed by atoms with Crippen molar-refractivity contribution in [1.29, 1.82) is 0 Å². The van der Waals surface area contributed by atoms with Gasteiger partial charge in [-0.1, -0.05) is 30.3 Å². The summed E-state index contributed by atoms with van der Waals surface area (Å²) in [5.41, 5.74) is 2.66. The van der Waals surface area contributed by atoms with Crippen molar-refractivity contribution >= 4 is 29.4 Å². The van der Waals surface area contributed by atoms with Crippen molar-refractivity contribution in [3.63, 3.8) is 0 Å². The Morgan fingerprint density at radius 3 is 2.62 bits per heavy atom. The largest absolute Gasteiger partial charge is 0.493 e. The molecule has 0 spiro atoms. The Labute approximate surface area is 175 Å². The number of rotatable bonds is 4. The Morgan fingerprint density at radius 2 is 1.83 bits per heavy atom. The van der Waals surface area contributed by atoms with Crippen LogP contribution in [-0.4, -0.2) is 48.0 Å². The van der Waals surface area contributed by atoms with Crippen molar-refractivity contribution in [2.24, 2.45) is 0 Å². The molecule has 2 heterocycles. The lowest BCUT2D eigenvalue weighted by atomic mass is 10.0. The highest BCUT2D eigenvalue weighted by atomic mass is 32.2. The summed E-state index contributed by atoms with van der Waals surface area (Å²) in [7, 11) is 0. The Kier molecular flexibility index (Phi) is 6.24. The first-order valence-electron chi connectivity index (χ1n) is 9.93. The van der Waals surface area contributed by atoms with Gasteiger partial charge in [-0.15, -0.1) is 0 Å². The van der Waals surface area contributed by atoms with Crippen molar-refractivity contribution in [2.45, 2.75) is 18.9 Å². The third-order valence-electron chi connectivity index (χ3n) is 5.19. The maximum absolute atomic E-state index is 12.4. The second-order valence-corrected chi connectivity index (χ2v) is 8.42. The maximum Gasteiger partial charge on any atom is 0.319 e. The molecular formula is C22H25N3O3S. The van der Waals surface area contributed by atoms with Crippen molar-refractivity contribution < 1.29 is 14.3 Å². The number of benzene rings is 2.